The van der Waals surface area contributed by atoms with E-state index in [0.717, 1.165) is 30.8 Å². The van der Waals surface area contributed by atoms with Crippen LogP contribution in [0.2, 0.25) is 0 Å². The summed E-state index contributed by atoms with van der Waals surface area (Å²) in [5.41, 5.74) is 1.87. The van der Waals surface area contributed by atoms with Gasteiger partial charge in [-0.05, 0) is 48.9 Å². The van der Waals surface area contributed by atoms with Gasteiger partial charge < -0.3 is 14.8 Å². The molecule has 0 fully saturated rings. The summed E-state index contributed by atoms with van der Waals surface area (Å²) in [7, 11) is 3.25. The van der Waals surface area contributed by atoms with E-state index in [2.05, 4.69) is 5.32 Å². The van der Waals surface area contributed by atoms with E-state index in [4.69, 9.17) is 9.47 Å². The summed E-state index contributed by atoms with van der Waals surface area (Å²) in [6, 6.07) is 5.89. The van der Waals surface area contributed by atoms with E-state index >= 15 is 0 Å². The quantitative estimate of drug-likeness (QED) is 0.343. The Labute approximate surface area is 120 Å². The third-order valence-electron chi connectivity index (χ3n) is 2.77. The molecule has 0 radical (unpaired) electrons. The zero-order chi connectivity index (χ0) is 14.8. The van der Waals surface area contributed by atoms with Gasteiger partial charge in [0.2, 0.25) is 0 Å². The lowest BCUT2D eigenvalue weighted by Gasteiger charge is -2.09. The van der Waals surface area contributed by atoms with Crippen LogP contribution < -0.4 is 14.8 Å². The summed E-state index contributed by atoms with van der Waals surface area (Å²) in [5.74, 6) is 1.48. The van der Waals surface area contributed by atoms with Crippen LogP contribution in [-0.2, 0) is 11.2 Å². The molecule has 4 nitrogen and oxygen atoms in total. The minimum Gasteiger partial charge on any atom is -0.493 e. The molecule has 1 aromatic carbocycles. The fourth-order valence-corrected chi connectivity index (χ4v) is 1.64. The van der Waals surface area contributed by atoms with E-state index in [0.29, 0.717) is 5.57 Å². The molecule has 20 heavy (non-hydrogen) atoms. The summed E-state index contributed by atoms with van der Waals surface area (Å²) in [6.45, 7) is 2.57. The molecule has 0 heterocycles. The molecule has 1 aromatic rings. The molecule has 0 aliphatic heterocycles. The number of hydrogen-bond acceptors (Lipinski definition) is 4. The standard InChI is InChI=1S/C16H21NO3/c1-13(12-18)5-4-9-17-10-8-14-6-7-15(19-2)16(11-14)20-3/h4-7,9,11-12,17H,8,10H2,1-3H3/b9-4+,13-5+. The molecule has 0 aromatic heterocycles. The van der Waals surface area contributed by atoms with Gasteiger partial charge in [-0.3, -0.25) is 4.79 Å². The lowest BCUT2D eigenvalue weighted by molar-refractivity contribution is -0.104. The van der Waals surface area contributed by atoms with E-state index < -0.39 is 0 Å². The first kappa shape index (κ1) is 15.8. The number of carbonyl (C=O) groups is 1. The van der Waals surface area contributed by atoms with Gasteiger partial charge >= 0.3 is 0 Å². The van der Waals surface area contributed by atoms with Crippen LogP contribution in [-0.4, -0.2) is 27.1 Å². The van der Waals surface area contributed by atoms with Crippen LogP contribution in [0, 0.1) is 0 Å². The highest BCUT2D eigenvalue weighted by molar-refractivity contribution is 5.72. The van der Waals surface area contributed by atoms with Crippen molar-refractivity contribution in [3.05, 3.63) is 47.7 Å². The molecule has 0 amide bonds. The van der Waals surface area contributed by atoms with Gasteiger partial charge in [0.15, 0.2) is 11.5 Å². The molecule has 0 saturated heterocycles. The molecule has 0 spiro atoms. The van der Waals surface area contributed by atoms with Gasteiger partial charge in [0.25, 0.3) is 0 Å². The zero-order valence-electron chi connectivity index (χ0n) is 12.2. The third kappa shape index (κ3) is 5.18. The van der Waals surface area contributed by atoms with E-state index in [1.165, 1.54) is 5.56 Å². The lowest BCUT2D eigenvalue weighted by Crippen LogP contribution is -2.09. The number of allylic oxidation sites excluding steroid dienone is 3. The minimum absolute atomic E-state index is 0.697. The number of rotatable bonds is 8. The van der Waals surface area contributed by atoms with Gasteiger partial charge in [0, 0.05) is 6.54 Å². The Morgan fingerprint density at radius 1 is 1.25 bits per heavy atom. The second-order valence-corrected chi connectivity index (χ2v) is 4.28. The summed E-state index contributed by atoms with van der Waals surface area (Å²) in [6.07, 6.45) is 7.11. The number of benzene rings is 1. The van der Waals surface area contributed by atoms with Crippen LogP contribution in [0.1, 0.15) is 12.5 Å². The topological polar surface area (TPSA) is 47.6 Å². The molecule has 0 aliphatic rings. The number of methoxy groups -OCH3 is 2. The van der Waals surface area contributed by atoms with Crippen LogP contribution in [0.4, 0.5) is 0 Å². The largest absolute Gasteiger partial charge is 0.493 e. The highest BCUT2D eigenvalue weighted by Gasteiger charge is 2.03. The average molecular weight is 275 g/mol. The van der Waals surface area contributed by atoms with Crippen LogP contribution >= 0.6 is 0 Å². The normalized spacial score (nSPS) is 11.4. The van der Waals surface area contributed by atoms with Crippen molar-refractivity contribution in [2.24, 2.45) is 0 Å². The Morgan fingerprint density at radius 2 is 2.00 bits per heavy atom. The second kappa shape index (κ2) is 8.80. The van der Waals surface area contributed by atoms with Crippen molar-refractivity contribution in [2.45, 2.75) is 13.3 Å². The van der Waals surface area contributed by atoms with Crippen molar-refractivity contribution in [1.29, 1.82) is 0 Å². The maximum absolute atomic E-state index is 10.4. The molecular weight excluding hydrogens is 254 g/mol. The summed E-state index contributed by atoms with van der Waals surface area (Å²) in [5, 5.41) is 3.17. The van der Waals surface area contributed by atoms with Crippen molar-refractivity contribution in [1.82, 2.24) is 5.32 Å². The fraction of sp³-hybridized carbons (Fsp3) is 0.312. The molecule has 0 unspecified atom stereocenters. The first-order valence-electron chi connectivity index (χ1n) is 6.44. The maximum Gasteiger partial charge on any atom is 0.160 e. The summed E-state index contributed by atoms with van der Waals surface area (Å²) >= 11 is 0. The fourth-order valence-electron chi connectivity index (χ4n) is 1.64. The van der Waals surface area contributed by atoms with Gasteiger partial charge in [0.1, 0.15) is 6.29 Å². The van der Waals surface area contributed by atoms with Crippen molar-refractivity contribution in [3.63, 3.8) is 0 Å². The van der Waals surface area contributed by atoms with E-state index in [1.807, 2.05) is 30.5 Å². The molecule has 0 bridgehead atoms. The van der Waals surface area contributed by atoms with Crippen LogP contribution in [0.25, 0.3) is 0 Å². The SMILES string of the molecule is COc1ccc(CCN/C=C/C=C(\C)C=O)cc1OC. The Morgan fingerprint density at radius 3 is 2.65 bits per heavy atom. The summed E-state index contributed by atoms with van der Waals surface area (Å²) in [4.78, 5) is 10.4. The number of nitrogens with one attached hydrogen (secondary N) is 1. The molecule has 1 rings (SSSR count). The van der Waals surface area contributed by atoms with E-state index in [1.54, 1.807) is 27.2 Å². The highest BCUT2D eigenvalue weighted by atomic mass is 16.5. The predicted octanol–water partition coefficient (Wildman–Crippen LogP) is 2.49. The van der Waals surface area contributed by atoms with Crippen molar-refractivity contribution < 1.29 is 14.3 Å². The van der Waals surface area contributed by atoms with Crippen molar-refractivity contribution in [2.75, 3.05) is 20.8 Å². The average Bonchev–Trinajstić information content (AvgIpc) is 2.49. The molecule has 0 saturated carbocycles. The number of aldehydes is 1. The molecule has 0 atom stereocenters. The van der Waals surface area contributed by atoms with Gasteiger partial charge in [-0.1, -0.05) is 12.1 Å². The van der Waals surface area contributed by atoms with Gasteiger partial charge in [-0.2, -0.15) is 0 Å². The second-order valence-electron chi connectivity index (χ2n) is 4.28. The van der Waals surface area contributed by atoms with E-state index in [9.17, 15) is 4.79 Å². The molecular formula is C16H21NO3. The molecule has 0 aliphatic carbocycles. The van der Waals surface area contributed by atoms with Gasteiger partial charge in [0.05, 0.1) is 14.2 Å². The Balaban J connectivity index is 2.44. The van der Waals surface area contributed by atoms with Gasteiger partial charge in [-0.25, -0.2) is 0 Å². The Kier molecular flexibility index (Phi) is 6.96. The van der Waals surface area contributed by atoms with E-state index in [-0.39, 0.29) is 0 Å². The van der Waals surface area contributed by atoms with Crippen LogP contribution in [0.15, 0.2) is 42.1 Å². The number of carbonyl (C=O) groups excluding carboxylic acids is 1. The number of hydrogen-bond donors (Lipinski definition) is 1. The van der Waals surface area contributed by atoms with Gasteiger partial charge in [-0.15, -0.1) is 0 Å². The Hall–Kier alpha value is -2.23. The van der Waals surface area contributed by atoms with Crippen molar-refractivity contribution in [3.8, 4) is 11.5 Å². The van der Waals surface area contributed by atoms with Crippen LogP contribution in [0.5, 0.6) is 11.5 Å². The first-order valence-corrected chi connectivity index (χ1v) is 6.44. The summed E-state index contributed by atoms with van der Waals surface area (Å²) < 4.78 is 10.5. The maximum atomic E-state index is 10.4. The predicted molar refractivity (Wildman–Crippen MR) is 80.2 cm³/mol. The molecule has 4 heteroatoms. The van der Waals surface area contributed by atoms with Crippen molar-refractivity contribution >= 4 is 6.29 Å². The Bertz CT molecular complexity index is 492. The lowest BCUT2D eigenvalue weighted by atomic mass is 10.1. The zero-order valence-corrected chi connectivity index (χ0v) is 12.2. The minimum atomic E-state index is 0.697. The first-order chi connectivity index (χ1) is 9.71. The van der Waals surface area contributed by atoms with Crippen LogP contribution in [0.3, 0.4) is 0 Å². The smallest absolute Gasteiger partial charge is 0.160 e. The number of ether oxygens (including phenoxy) is 2. The third-order valence-corrected chi connectivity index (χ3v) is 2.77. The monoisotopic (exact) mass is 275 g/mol. The highest BCUT2D eigenvalue weighted by Crippen LogP contribution is 2.27. The molecule has 108 valence electrons. The molecule has 1 N–H and O–H groups in total.